The highest BCUT2D eigenvalue weighted by molar-refractivity contribution is 9.10. The van der Waals surface area contributed by atoms with Crippen molar-refractivity contribution in [1.82, 2.24) is 10.1 Å². The van der Waals surface area contributed by atoms with E-state index in [-0.39, 0.29) is 17.5 Å². The van der Waals surface area contributed by atoms with E-state index in [0.29, 0.717) is 27.0 Å². The lowest BCUT2D eigenvalue weighted by Crippen LogP contribution is -1.91. The standard InChI is InChI=1S/C14H10BrFN4O/c15-12-2-1-8(16)5-11(12)13-19-14(21-20-13)7-3-9(17)6-10(18)4-7/h1-6H,17-18H2. The summed E-state index contributed by atoms with van der Waals surface area (Å²) in [5.41, 5.74) is 13.6. The van der Waals surface area contributed by atoms with Crippen LogP contribution in [0, 0.1) is 5.82 Å². The molecule has 2 aromatic carbocycles. The van der Waals surface area contributed by atoms with Gasteiger partial charge in [-0.3, -0.25) is 0 Å². The van der Waals surface area contributed by atoms with Crippen LogP contribution in [0.5, 0.6) is 0 Å². The summed E-state index contributed by atoms with van der Waals surface area (Å²) >= 11 is 3.33. The molecule has 0 unspecified atom stereocenters. The van der Waals surface area contributed by atoms with Gasteiger partial charge in [0, 0.05) is 27.0 Å². The van der Waals surface area contributed by atoms with Gasteiger partial charge in [0.15, 0.2) is 0 Å². The molecule has 1 aromatic heterocycles. The average molecular weight is 349 g/mol. The highest BCUT2D eigenvalue weighted by Crippen LogP contribution is 2.30. The molecule has 0 radical (unpaired) electrons. The molecule has 0 bridgehead atoms. The maximum Gasteiger partial charge on any atom is 0.258 e. The van der Waals surface area contributed by atoms with Crippen LogP contribution in [0.1, 0.15) is 0 Å². The van der Waals surface area contributed by atoms with Crippen LogP contribution in [0.15, 0.2) is 45.4 Å². The summed E-state index contributed by atoms with van der Waals surface area (Å²) in [6.45, 7) is 0. The van der Waals surface area contributed by atoms with Crippen LogP contribution in [-0.4, -0.2) is 10.1 Å². The number of halogens is 2. The Morgan fingerprint density at radius 1 is 1.05 bits per heavy atom. The second-order valence-electron chi connectivity index (χ2n) is 4.44. The van der Waals surface area contributed by atoms with Crippen molar-refractivity contribution >= 4 is 27.3 Å². The van der Waals surface area contributed by atoms with Gasteiger partial charge in [-0.15, -0.1) is 0 Å². The van der Waals surface area contributed by atoms with Crippen molar-refractivity contribution in [2.45, 2.75) is 0 Å². The molecule has 0 fully saturated rings. The molecule has 5 nitrogen and oxygen atoms in total. The van der Waals surface area contributed by atoms with Crippen molar-refractivity contribution in [2.24, 2.45) is 0 Å². The summed E-state index contributed by atoms with van der Waals surface area (Å²) in [4.78, 5) is 4.25. The lowest BCUT2D eigenvalue weighted by molar-refractivity contribution is 0.432. The van der Waals surface area contributed by atoms with E-state index in [1.807, 2.05) is 0 Å². The number of aromatic nitrogens is 2. The minimum atomic E-state index is -0.382. The van der Waals surface area contributed by atoms with Crippen molar-refractivity contribution in [3.8, 4) is 22.8 Å². The molecule has 0 aliphatic rings. The molecule has 0 atom stereocenters. The first-order chi connectivity index (χ1) is 10.0. The summed E-state index contributed by atoms with van der Waals surface area (Å²) in [5, 5.41) is 3.86. The Bertz CT molecular complexity index is 798. The maximum absolute atomic E-state index is 13.3. The maximum atomic E-state index is 13.3. The van der Waals surface area contributed by atoms with E-state index < -0.39 is 0 Å². The quantitative estimate of drug-likeness (QED) is 0.692. The van der Waals surface area contributed by atoms with Crippen molar-refractivity contribution in [2.75, 3.05) is 11.5 Å². The molecule has 0 aliphatic carbocycles. The minimum Gasteiger partial charge on any atom is -0.399 e. The molecule has 0 aliphatic heterocycles. The number of nitrogens with zero attached hydrogens (tertiary/aromatic N) is 2. The van der Waals surface area contributed by atoms with E-state index in [9.17, 15) is 4.39 Å². The van der Waals surface area contributed by atoms with Gasteiger partial charge in [-0.25, -0.2) is 4.39 Å². The molecular weight excluding hydrogens is 339 g/mol. The van der Waals surface area contributed by atoms with Crippen LogP contribution in [0.25, 0.3) is 22.8 Å². The van der Waals surface area contributed by atoms with Crippen molar-refractivity contribution < 1.29 is 8.91 Å². The van der Waals surface area contributed by atoms with Crippen molar-refractivity contribution in [3.05, 3.63) is 46.7 Å². The first-order valence-corrected chi connectivity index (χ1v) is 6.78. The Labute approximate surface area is 127 Å². The van der Waals surface area contributed by atoms with E-state index in [0.717, 1.165) is 0 Å². The monoisotopic (exact) mass is 348 g/mol. The smallest absolute Gasteiger partial charge is 0.258 e. The minimum absolute atomic E-state index is 0.264. The number of hydrogen-bond acceptors (Lipinski definition) is 5. The van der Waals surface area contributed by atoms with Gasteiger partial charge in [-0.2, -0.15) is 4.98 Å². The van der Waals surface area contributed by atoms with Crippen LogP contribution in [0.4, 0.5) is 15.8 Å². The van der Waals surface area contributed by atoms with Gasteiger partial charge in [-0.05, 0) is 36.4 Å². The Kier molecular flexibility index (Phi) is 3.34. The molecular formula is C14H10BrFN4O. The lowest BCUT2D eigenvalue weighted by atomic mass is 10.1. The Hall–Kier alpha value is -2.41. The van der Waals surface area contributed by atoms with Gasteiger partial charge >= 0.3 is 0 Å². The molecule has 106 valence electrons. The normalized spacial score (nSPS) is 10.8. The van der Waals surface area contributed by atoms with E-state index in [1.165, 1.54) is 12.1 Å². The Balaban J connectivity index is 2.05. The van der Waals surface area contributed by atoms with Crippen LogP contribution in [0.2, 0.25) is 0 Å². The van der Waals surface area contributed by atoms with E-state index in [1.54, 1.807) is 24.3 Å². The molecule has 21 heavy (non-hydrogen) atoms. The number of hydrogen-bond donors (Lipinski definition) is 2. The summed E-state index contributed by atoms with van der Waals surface area (Å²) < 4.78 is 19.2. The van der Waals surface area contributed by atoms with E-state index >= 15 is 0 Å². The number of nitrogen functional groups attached to an aromatic ring is 2. The lowest BCUT2D eigenvalue weighted by Gasteiger charge is -2.00. The van der Waals surface area contributed by atoms with E-state index in [4.69, 9.17) is 16.0 Å². The predicted molar refractivity (Wildman–Crippen MR) is 81.7 cm³/mol. The average Bonchev–Trinajstić information content (AvgIpc) is 2.90. The van der Waals surface area contributed by atoms with Gasteiger partial charge in [0.2, 0.25) is 5.82 Å². The first kappa shape index (κ1) is 13.6. The zero-order chi connectivity index (χ0) is 15.0. The molecule has 3 rings (SSSR count). The fourth-order valence-electron chi connectivity index (χ4n) is 1.92. The van der Waals surface area contributed by atoms with Gasteiger partial charge in [0.25, 0.3) is 5.89 Å². The van der Waals surface area contributed by atoms with Crippen LogP contribution in [0.3, 0.4) is 0 Å². The number of rotatable bonds is 2. The Morgan fingerprint density at radius 3 is 2.48 bits per heavy atom. The Morgan fingerprint density at radius 2 is 1.76 bits per heavy atom. The third kappa shape index (κ3) is 2.73. The molecule has 0 spiro atoms. The molecule has 0 saturated heterocycles. The third-order valence-electron chi connectivity index (χ3n) is 2.82. The number of benzene rings is 2. The summed E-state index contributed by atoms with van der Waals surface area (Å²) in [6, 6.07) is 9.23. The largest absolute Gasteiger partial charge is 0.399 e. The zero-order valence-electron chi connectivity index (χ0n) is 10.7. The molecule has 7 heteroatoms. The fraction of sp³-hybridized carbons (Fsp3) is 0. The highest BCUT2D eigenvalue weighted by atomic mass is 79.9. The van der Waals surface area contributed by atoms with Gasteiger partial charge in [0.1, 0.15) is 5.82 Å². The summed E-state index contributed by atoms with van der Waals surface area (Å²) in [6.07, 6.45) is 0. The van der Waals surface area contributed by atoms with Crippen LogP contribution in [-0.2, 0) is 0 Å². The predicted octanol–water partition coefficient (Wildman–Crippen LogP) is 3.47. The number of nitrogens with two attached hydrogens (primary N) is 2. The SMILES string of the molecule is Nc1cc(N)cc(-c2nc(-c3cc(F)ccc3Br)no2)c1. The summed E-state index contributed by atoms with van der Waals surface area (Å²) in [5.74, 6) is 0.158. The van der Waals surface area contributed by atoms with Gasteiger partial charge < -0.3 is 16.0 Å². The first-order valence-electron chi connectivity index (χ1n) is 5.98. The van der Waals surface area contributed by atoms with Gasteiger partial charge in [-0.1, -0.05) is 21.1 Å². The molecule has 0 saturated carbocycles. The zero-order valence-corrected chi connectivity index (χ0v) is 12.3. The fourth-order valence-corrected chi connectivity index (χ4v) is 2.34. The van der Waals surface area contributed by atoms with Crippen molar-refractivity contribution in [1.29, 1.82) is 0 Å². The molecule has 1 heterocycles. The second-order valence-corrected chi connectivity index (χ2v) is 5.29. The molecule has 3 aromatic rings. The highest BCUT2D eigenvalue weighted by Gasteiger charge is 2.14. The van der Waals surface area contributed by atoms with Gasteiger partial charge in [0.05, 0.1) is 0 Å². The van der Waals surface area contributed by atoms with Crippen LogP contribution < -0.4 is 11.5 Å². The number of anilines is 2. The second kappa shape index (κ2) is 5.17. The third-order valence-corrected chi connectivity index (χ3v) is 3.51. The summed E-state index contributed by atoms with van der Waals surface area (Å²) in [7, 11) is 0. The van der Waals surface area contributed by atoms with Crippen molar-refractivity contribution in [3.63, 3.8) is 0 Å². The van der Waals surface area contributed by atoms with E-state index in [2.05, 4.69) is 26.1 Å². The topological polar surface area (TPSA) is 91.0 Å². The van der Waals surface area contributed by atoms with Crippen LogP contribution >= 0.6 is 15.9 Å². The molecule has 0 amide bonds. The molecule has 4 N–H and O–H groups in total.